The molecular formula is C15H23N3O4. The van der Waals surface area contributed by atoms with Gasteiger partial charge in [-0.3, -0.25) is 4.90 Å². The molecule has 2 aliphatic rings. The fraction of sp³-hybridized carbons (Fsp3) is 0.733. The molecule has 3 heterocycles. The Morgan fingerprint density at radius 3 is 2.91 bits per heavy atom. The molecule has 22 heavy (non-hydrogen) atoms. The van der Waals surface area contributed by atoms with Crippen LogP contribution in [0.25, 0.3) is 0 Å². The van der Waals surface area contributed by atoms with Crippen molar-refractivity contribution >= 4 is 12.0 Å². The van der Waals surface area contributed by atoms with Crippen LogP contribution in [0.5, 0.6) is 0 Å². The van der Waals surface area contributed by atoms with Gasteiger partial charge in [-0.15, -0.1) is 0 Å². The molecule has 0 unspecified atom stereocenters. The van der Waals surface area contributed by atoms with E-state index in [0.717, 1.165) is 45.7 Å². The first kappa shape index (κ1) is 15.3. The third-order valence-corrected chi connectivity index (χ3v) is 4.67. The van der Waals surface area contributed by atoms with E-state index in [1.54, 1.807) is 6.92 Å². The Labute approximate surface area is 130 Å². The van der Waals surface area contributed by atoms with E-state index in [1.807, 2.05) is 0 Å². The zero-order valence-corrected chi connectivity index (χ0v) is 13.2. The van der Waals surface area contributed by atoms with Crippen LogP contribution in [0.1, 0.15) is 30.3 Å². The summed E-state index contributed by atoms with van der Waals surface area (Å²) in [6.45, 7) is 6.30. The minimum absolute atomic E-state index is 0.106. The molecule has 2 saturated heterocycles. The number of carbonyl (C=O) groups is 1. The lowest BCUT2D eigenvalue weighted by Crippen LogP contribution is -2.63. The van der Waals surface area contributed by atoms with Crippen LogP contribution >= 0.6 is 0 Å². The smallest absolute Gasteiger partial charge is 0.360 e. The first-order valence-corrected chi connectivity index (χ1v) is 7.81. The van der Waals surface area contributed by atoms with E-state index >= 15 is 0 Å². The van der Waals surface area contributed by atoms with Gasteiger partial charge in [0.25, 0.3) is 6.01 Å². The number of anilines is 1. The summed E-state index contributed by atoms with van der Waals surface area (Å²) in [4.78, 5) is 20.5. The topological polar surface area (TPSA) is 68.0 Å². The van der Waals surface area contributed by atoms with E-state index in [9.17, 15) is 4.79 Å². The largest absolute Gasteiger partial charge is 0.461 e. The number of piperazine rings is 1. The summed E-state index contributed by atoms with van der Waals surface area (Å²) in [6.07, 6.45) is 3.39. The van der Waals surface area contributed by atoms with Crippen molar-refractivity contribution in [1.29, 1.82) is 0 Å². The first-order chi connectivity index (χ1) is 10.6. The van der Waals surface area contributed by atoms with Gasteiger partial charge < -0.3 is 18.8 Å². The van der Waals surface area contributed by atoms with E-state index in [2.05, 4.69) is 21.8 Å². The van der Waals surface area contributed by atoms with Crippen LogP contribution in [-0.2, 0) is 9.47 Å². The van der Waals surface area contributed by atoms with Crippen molar-refractivity contribution in [1.82, 2.24) is 9.88 Å². The van der Waals surface area contributed by atoms with Gasteiger partial charge in [-0.25, -0.2) is 4.79 Å². The normalized spacial score (nSPS) is 22.0. The maximum Gasteiger partial charge on any atom is 0.360 e. The first-order valence-electron chi connectivity index (χ1n) is 7.81. The van der Waals surface area contributed by atoms with Gasteiger partial charge in [0.05, 0.1) is 6.61 Å². The highest BCUT2D eigenvalue weighted by Gasteiger charge is 2.42. The quantitative estimate of drug-likeness (QED) is 0.776. The monoisotopic (exact) mass is 309 g/mol. The van der Waals surface area contributed by atoms with Crippen LogP contribution in [0.4, 0.5) is 6.01 Å². The van der Waals surface area contributed by atoms with E-state index in [4.69, 9.17) is 13.9 Å². The molecule has 0 bridgehead atoms. The predicted molar refractivity (Wildman–Crippen MR) is 80.1 cm³/mol. The van der Waals surface area contributed by atoms with Gasteiger partial charge in [0.1, 0.15) is 6.26 Å². The molecule has 7 heteroatoms. The average molecular weight is 309 g/mol. The number of likely N-dealkylation sites (N-methyl/N-ethyl adjacent to an activating group) is 1. The molecule has 1 spiro atoms. The highest BCUT2D eigenvalue weighted by molar-refractivity contribution is 5.87. The highest BCUT2D eigenvalue weighted by atomic mass is 16.5. The zero-order valence-electron chi connectivity index (χ0n) is 13.2. The van der Waals surface area contributed by atoms with Crippen molar-refractivity contribution in [3.63, 3.8) is 0 Å². The van der Waals surface area contributed by atoms with Crippen LogP contribution in [0.2, 0.25) is 0 Å². The molecule has 7 nitrogen and oxygen atoms in total. The van der Waals surface area contributed by atoms with Crippen molar-refractivity contribution in [3.8, 4) is 0 Å². The van der Waals surface area contributed by atoms with Gasteiger partial charge in [0.15, 0.2) is 5.69 Å². The number of ether oxygens (including phenoxy) is 2. The SMILES string of the molecule is CCOC(=O)c1coc(N2CCN(C)C3(CCOCC3)C2)n1. The Morgan fingerprint density at radius 2 is 2.18 bits per heavy atom. The van der Waals surface area contributed by atoms with Crippen LogP contribution in [0.15, 0.2) is 10.7 Å². The molecule has 1 aromatic rings. The van der Waals surface area contributed by atoms with Gasteiger partial charge in [-0.2, -0.15) is 4.98 Å². The molecule has 0 aliphatic carbocycles. The molecule has 0 radical (unpaired) electrons. The molecule has 0 saturated carbocycles. The number of hydrogen-bond acceptors (Lipinski definition) is 7. The van der Waals surface area contributed by atoms with Gasteiger partial charge in [0, 0.05) is 38.4 Å². The lowest BCUT2D eigenvalue weighted by molar-refractivity contribution is -0.0228. The molecule has 2 aliphatic heterocycles. The van der Waals surface area contributed by atoms with Crippen LogP contribution in [-0.4, -0.2) is 67.9 Å². The second kappa shape index (κ2) is 6.26. The molecule has 1 aromatic heterocycles. The summed E-state index contributed by atoms with van der Waals surface area (Å²) in [5.74, 6) is -0.438. The zero-order chi connectivity index (χ0) is 15.6. The summed E-state index contributed by atoms with van der Waals surface area (Å²) >= 11 is 0. The fourth-order valence-corrected chi connectivity index (χ4v) is 3.23. The Bertz CT molecular complexity index is 525. The van der Waals surface area contributed by atoms with Crippen molar-refractivity contribution in [2.75, 3.05) is 51.4 Å². The molecule has 3 rings (SSSR count). The predicted octanol–water partition coefficient (Wildman–Crippen LogP) is 1.15. The van der Waals surface area contributed by atoms with E-state index in [0.29, 0.717) is 12.6 Å². The maximum atomic E-state index is 11.7. The summed E-state index contributed by atoms with van der Waals surface area (Å²) in [5.41, 5.74) is 0.339. The standard InChI is InChI=1S/C15H23N3O4/c1-3-21-13(19)12-10-22-14(16-12)18-7-6-17(2)15(11-18)4-8-20-9-5-15/h10H,3-9,11H2,1-2H3. The number of esters is 1. The van der Waals surface area contributed by atoms with E-state index < -0.39 is 5.97 Å². The second-order valence-electron chi connectivity index (χ2n) is 5.92. The van der Waals surface area contributed by atoms with E-state index in [-0.39, 0.29) is 11.2 Å². The van der Waals surface area contributed by atoms with Gasteiger partial charge in [-0.05, 0) is 26.8 Å². The minimum atomic E-state index is -0.438. The second-order valence-corrected chi connectivity index (χ2v) is 5.92. The summed E-state index contributed by atoms with van der Waals surface area (Å²) < 4.78 is 16.0. The molecule has 0 N–H and O–H groups in total. The Morgan fingerprint density at radius 1 is 1.41 bits per heavy atom. The Hall–Kier alpha value is -1.60. The maximum absolute atomic E-state index is 11.7. The number of rotatable bonds is 3. The third kappa shape index (κ3) is 2.83. The van der Waals surface area contributed by atoms with Gasteiger partial charge >= 0.3 is 5.97 Å². The van der Waals surface area contributed by atoms with Crippen LogP contribution < -0.4 is 4.90 Å². The molecule has 2 fully saturated rings. The van der Waals surface area contributed by atoms with Gasteiger partial charge in [-0.1, -0.05) is 0 Å². The van der Waals surface area contributed by atoms with Crippen molar-refractivity contribution in [2.45, 2.75) is 25.3 Å². The molecule has 0 amide bonds. The molecular weight excluding hydrogens is 286 g/mol. The summed E-state index contributed by atoms with van der Waals surface area (Å²) in [7, 11) is 2.17. The van der Waals surface area contributed by atoms with Gasteiger partial charge in [0.2, 0.25) is 0 Å². The van der Waals surface area contributed by atoms with E-state index in [1.165, 1.54) is 6.26 Å². The number of oxazole rings is 1. The molecule has 0 aromatic carbocycles. The highest BCUT2D eigenvalue weighted by Crippen LogP contribution is 2.32. The lowest BCUT2D eigenvalue weighted by atomic mass is 9.86. The van der Waals surface area contributed by atoms with Crippen molar-refractivity contribution in [2.24, 2.45) is 0 Å². The van der Waals surface area contributed by atoms with Crippen molar-refractivity contribution < 1.29 is 18.7 Å². The number of carbonyl (C=O) groups excluding carboxylic acids is 1. The third-order valence-electron chi connectivity index (χ3n) is 4.67. The lowest BCUT2D eigenvalue weighted by Gasteiger charge is -2.50. The summed E-state index contributed by atoms with van der Waals surface area (Å²) in [6, 6.07) is 0.502. The molecule has 122 valence electrons. The average Bonchev–Trinajstić information content (AvgIpc) is 3.01. The van der Waals surface area contributed by atoms with Crippen molar-refractivity contribution in [3.05, 3.63) is 12.0 Å². The minimum Gasteiger partial charge on any atom is -0.461 e. The summed E-state index contributed by atoms with van der Waals surface area (Å²) in [5, 5.41) is 0. The Kier molecular flexibility index (Phi) is 4.35. The number of nitrogens with zero attached hydrogens (tertiary/aromatic N) is 3. The fourth-order valence-electron chi connectivity index (χ4n) is 3.23. The molecule has 0 atom stereocenters. The Balaban J connectivity index is 1.73. The van der Waals surface area contributed by atoms with Crippen LogP contribution in [0, 0.1) is 0 Å². The number of aromatic nitrogens is 1. The number of hydrogen-bond donors (Lipinski definition) is 0. The van der Waals surface area contributed by atoms with Crippen LogP contribution in [0.3, 0.4) is 0 Å².